The Bertz CT molecular complexity index is 708. The molecule has 6 heteroatoms. The molecule has 0 aliphatic heterocycles. The number of benzene rings is 1. The average Bonchev–Trinajstić information content (AvgIpc) is 2.46. The highest BCUT2D eigenvalue weighted by Crippen LogP contribution is 2.10. The quantitative estimate of drug-likeness (QED) is 0.692. The molecule has 0 aliphatic carbocycles. The summed E-state index contributed by atoms with van der Waals surface area (Å²) < 4.78 is 24.1. The minimum Gasteiger partial charge on any atom is -0.264 e. The molecule has 2 aromatic rings. The van der Waals surface area contributed by atoms with Gasteiger partial charge in [-0.25, -0.2) is 0 Å². The van der Waals surface area contributed by atoms with E-state index >= 15 is 0 Å². The Balaban J connectivity index is 2.19. The molecule has 20 heavy (non-hydrogen) atoms. The summed E-state index contributed by atoms with van der Waals surface area (Å²) in [6.07, 6.45) is 3.27. The van der Waals surface area contributed by atoms with Gasteiger partial charge < -0.3 is 0 Å². The van der Waals surface area contributed by atoms with Crippen LogP contribution in [0.4, 0.5) is 0 Å². The van der Waals surface area contributed by atoms with Gasteiger partial charge in [0, 0.05) is 18.0 Å². The summed E-state index contributed by atoms with van der Waals surface area (Å²) in [5.74, 6) is 0. The van der Waals surface area contributed by atoms with Crippen molar-refractivity contribution in [1.29, 1.82) is 0 Å². The van der Waals surface area contributed by atoms with Gasteiger partial charge >= 0.3 is 0 Å². The zero-order chi connectivity index (χ0) is 14.6. The Labute approximate surface area is 118 Å². The molecule has 0 atom stereocenters. The van der Waals surface area contributed by atoms with Crippen molar-refractivity contribution in [2.24, 2.45) is 5.10 Å². The first-order chi connectivity index (χ1) is 9.49. The van der Waals surface area contributed by atoms with Crippen LogP contribution in [0.2, 0.25) is 0 Å². The first kappa shape index (κ1) is 14.2. The van der Waals surface area contributed by atoms with Crippen molar-refractivity contribution in [2.45, 2.75) is 18.7 Å². The van der Waals surface area contributed by atoms with Crippen LogP contribution in [0.5, 0.6) is 0 Å². The second kappa shape index (κ2) is 5.83. The van der Waals surface area contributed by atoms with E-state index in [2.05, 4.69) is 14.9 Å². The predicted octanol–water partition coefficient (Wildman–Crippen LogP) is 2.09. The van der Waals surface area contributed by atoms with Gasteiger partial charge in [-0.15, -0.1) is 0 Å². The highest BCUT2D eigenvalue weighted by molar-refractivity contribution is 7.89. The van der Waals surface area contributed by atoms with E-state index in [-0.39, 0.29) is 4.90 Å². The molecule has 0 amide bonds. The molecule has 1 aromatic carbocycles. The molecule has 0 spiro atoms. The van der Waals surface area contributed by atoms with Gasteiger partial charge in [0.15, 0.2) is 0 Å². The molecule has 2 rings (SSSR count). The van der Waals surface area contributed by atoms with Crippen molar-refractivity contribution in [1.82, 2.24) is 9.82 Å². The van der Waals surface area contributed by atoms with Crippen molar-refractivity contribution in [3.05, 3.63) is 59.9 Å². The normalized spacial score (nSPS) is 12.2. The van der Waals surface area contributed by atoms with Gasteiger partial charge in [0.05, 0.1) is 10.6 Å². The van der Waals surface area contributed by atoms with Gasteiger partial charge in [0.2, 0.25) is 0 Å². The van der Waals surface area contributed by atoms with Crippen LogP contribution >= 0.6 is 0 Å². The number of pyridine rings is 1. The second-order valence-electron chi connectivity index (χ2n) is 4.35. The highest BCUT2D eigenvalue weighted by atomic mass is 32.2. The van der Waals surface area contributed by atoms with Crippen LogP contribution in [0.15, 0.2) is 58.8 Å². The van der Waals surface area contributed by atoms with E-state index in [4.69, 9.17) is 0 Å². The number of hydrazone groups is 1. The number of hydrogen-bond acceptors (Lipinski definition) is 4. The fourth-order valence-electron chi connectivity index (χ4n) is 1.54. The van der Waals surface area contributed by atoms with Crippen molar-refractivity contribution in [3.8, 4) is 0 Å². The Morgan fingerprint density at radius 3 is 2.50 bits per heavy atom. The summed E-state index contributed by atoms with van der Waals surface area (Å²) in [6, 6.07) is 10.2. The fourth-order valence-corrected chi connectivity index (χ4v) is 2.40. The third-order valence-electron chi connectivity index (χ3n) is 2.74. The first-order valence-corrected chi connectivity index (χ1v) is 7.50. The molecule has 1 aromatic heterocycles. The van der Waals surface area contributed by atoms with Gasteiger partial charge in [-0.05, 0) is 32.0 Å². The largest absolute Gasteiger partial charge is 0.276 e. The van der Waals surface area contributed by atoms with Crippen LogP contribution in [0, 0.1) is 6.92 Å². The lowest BCUT2D eigenvalue weighted by atomic mass is 10.2. The molecule has 0 radical (unpaired) electrons. The standard InChI is InChI=1S/C14H15N3O2S/c1-11-5-7-14(8-6-11)20(18,19)17-16-12(2)13-4-3-9-15-10-13/h3-10,17H,1-2H3/b16-12+. The Morgan fingerprint density at radius 1 is 1.20 bits per heavy atom. The van der Waals surface area contributed by atoms with Crippen molar-refractivity contribution in [3.63, 3.8) is 0 Å². The molecule has 0 saturated carbocycles. The van der Waals surface area contributed by atoms with Crippen molar-refractivity contribution >= 4 is 15.7 Å². The lowest BCUT2D eigenvalue weighted by molar-refractivity contribution is 0.584. The number of rotatable bonds is 4. The maximum atomic E-state index is 12.0. The van der Waals surface area contributed by atoms with E-state index in [1.807, 2.05) is 13.0 Å². The van der Waals surface area contributed by atoms with Gasteiger partial charge in [0.1, 0.15) is 0 Å². The third-order valence-corrected chi connectivity index (χ3v) is 3.97. The summed E-state index contributed by atoms with van der Waals surface area (Å²) in [4.78, 5) is 6.37. The Morgan fingerprint density at radius 2 is 1.90 bits per heavy atom. The molecule has 0 unspecified atom stereocenters. The van der Waals surface area contributed by atoms with Crippen LogP contribution < -0.4 is 4.83 Å². The maximum Gasteiger partial charge on any atom is 0.276 e. The van der Waals surface area contributed by atoms with Crippen LogP contribution in [-0.2, 0) is 10.0 Å². The van der Waals surface area contributed by atoms with E-state index in [1.54, 1.807) is 49.6 Å². The molecular formula is C14H15N3O2S. The lowest BCUT2D eigenvalue weighted by Crippen LogP contribution is -2.20. The Kier molecular flexibility index (Phi) is 4.14. The van der Waals surface area contributed by atoms with E-state index in [0.717, 1.165) is 11.1 Å². The number of aromatic nitrogens is 1. The third kappa shape index (κ3) is 3.42. The second-order valence-corrected chi connectivity index (χ2v) is 6.01. The maximum absolute atomic E-state index is 12.0. The SMILES string of the molecule is C/C(=N\NS(=O)(=O)c1ccc(C)cc1)c1cccnc1. The summed E-state index contributed by atoms with van der Waals surface area (Å²) in [5.41, 5.74) is 2.31. The molecule has 0 fully saturated rings. The summed E-state index contributed by atoms with van der Waals surface area (Å²) in [5, 5.41) is 3.90. The molecule has 1 heterocycles. The van der Waals surface area contributed by atoms with Crippen molar-refractivity contribution in [2.75, 3.05) is 0 Å². The molecular weight excluding hydrogens is 274 g/mol. The molecule has 0 bridgehead atoms. The minimum atomic E-state index is -3.64. The van der Waals surface area contributed by atoms with E-state index < -0.39 is 10.0 Å². The predicted molar refractivity (Wildman–Crippen MR) is 77.9 cm³/mol. The number of aryl methyl sites for hydroxylation is 1. The van der Waals surface area contributed by atoms with Crippen LogP contribution in [0.1, 0.15) is 18.1 Å². The highest BCUT2D eigenvalue weighted by Gasteiger charge is 2.12. The van der Waals surface area contributed by atoms with E-state index in [0.29, 0.717) is 5.71 Å². The number of sulfonamides is 1. The Hall–Kier alpha value is -2.21. The number of nitrogens with one attached hydrogen (secondary N) is 1. The van der Waals surface area contributed by atoms with Crippen LogP contribution in [0.3, 0.4) is 0 Å². The average molecular weight is 289 g/mol. The minimum absolute atomic E-state index is 0.186. The van der Waals surface area contributed by atoms with Gasteiger partial charge in [-0.3, -0.25) is 4.98 Å². The number of nitrogens with zero attached hydrogens (tertiary/aromatic N) is 2. The zero-order valence-corrected chi connectivity index (χ0v) is 12.1. The molecule has 0 saturated heterocycles. The van der Waals surface area contributed by atoms with Gasteiger partial charge in [0.25, 0.3) is 10.0 Å². The lowest BCUT2D eigenvalue weighted by Gasteiger charge is -2.05. The van der Waals surface area contributed by atoms with Gasteiger partial charge in [-0.2, -0.15) is 18.4 Å². The van der Waals surface area contributed by atoms with E-state index in [9.17, 15) is 8.42 Å². The first-order valence-electron chi connectivity index (χ1n) is 6.02. The summed E-state index contributed by atoms with van der Waals surface area (Å²) in [6.45, 7) is 3.61. The number of hydrogen-bond donors (Lipinski definition) is 1. The van der Waals surface area contributed by atoms with E-state index in [1.165, 1.54) is 0 Å². The molecule has 0 aliphatic rings. The molecule has 5 nitrogen and oxygen atoms in total. The fraction of sp³-hybridized carbons (Fsp3) is 0.143. The summed E-state index contributed by atoms with van der Waals surface area (Å²) in [7, 11) is -3.64. The van der Waals surface area contributed by atoms with Crippen molar-refractivity contribution < 1.29 is 8.42 Å². The molecule has 104 valence electrons. The smallest absolute Gasteiger partial charge is 0.264 e. The van der Waals surface area contributed by atoms with Gasteiger partial charge in [-0.1, -0.05) is 23.8 Å². The van der Waals surface area contributed by atoms with Crippen LogP contribution in [0.25, 0.3) is 0 Å². The topological polar surface area (TPSA) is 71.4 Å². The van der Waals surface area contributed by atoms with Crippen LogP contribution in [-0.4, -0.2) is 19.1 Å². The molecule has 1 N–H and O–H groups in total. The summed E-state index contributed by atoms with van der Waals surface area (Å²) >= 11 is 0. The monoisotopic (exact) mass is 289 g/mol. The zero-order valence-electron chi connectivity index (χ0n) is 11.2.